The van der Waals surface area contributed by atoms with Gasteiger partial charge in [-0.25, -0.2) is 4.98 Å². The van der Waals surface area contributed by atoms with Gasteiger partial charge in [0.25, 0.3) is 0 Å². The van der Waals surface area contributed by atoms with Gasteiger partial charge in [0.1, 0.15) is 0 Å². The number of rotatable bonds is 7. The highest BCUT2D eigenvalue weighted by Gasteiger charge is 2.24. The zero-order chi connectivity index (χ0) is 20.2. The topological polar surface area (TPSA) is 54.0 Å². The third kappa shape index (κ3) is 5.18. The molecule has 4 rings (SSSR count). The number of thiophene rings is 1. The maximum atomic E-state index is 6.23. The molecule has 2 aromatic heterocycles. The van der Waals surface area contributed by atoms with E-state index in [9.17, 15) is 0 Å². The highest BCUT2D eigenvalue weighted by molar-refractivity contribution is 7.19. The summed E-state index contributed by atoms with van der Waals surface area (Å²) in [6, 6.07) is 2.80. The fourth-order valence-electron chi connectivity index (χ4n) is 4.18. The van der Waals surface area contributed by atoms with E-state index in [2.05, 4.69) is 37.8 Å². The molecule has 2 saturated heterocycles. The van der Waals surface area contributed by atoms with Crippen LogP contribution in [-0.4, -0.2) is 92.5 Å². The highest BCUT2D eigenvalue weighted by Crippen LogP contribution is 2.34. The number of fused-ring (bicyclic) bond motifs is 1. The van der Waals surface area contributed by atoms with Crippen LogP contribution in [-0.2, 0) is 16.0 Å². The van der Waals surface area contributed by atoms with Crippen molar-refractivity contribution < 1.29 is 9.47 Å². The molecule has 160 valence electrons. The van der Waals surface area contributed by atoms with Crippen molar-refractivity contribution in [3.05, 3.63) is 16.2 Å². The number of anilines is 1. The predicted molar refractivity (Wildman–Crippen MR) is 118 cm³/mol. The molecule has 29 heavy (non-hydrogen) atoms. The monoisotopic (exact) mass is 439 g/mol. The first kappa shape index (κ1) is 21.2. The Balaban J connectivity index is 1.43. The molecular formula is C20H30ClN5O2S. The molecule has 0 unspecified atom stereocenters. The summed E-state index contributed by atoms with van der Waals surface area (Å²) in [7, 11) is 4.01. The molecule has 0 N–H and O–H groups in total. The van der Waals surface area contributed by atoms with Gasteiger partial charge in [0, 0.05) is 44.2 Å². The van der Waals surface area contributed by atoms with E-state index in [1.54, 1.807) is 18.4 Å². The summed E-state index contributed by atoms with van der Waals surface area (Å²) in [5.74, 6) is 0.952. The number of likely N-dealkylation sites (tertiary alicyclic amines) is 1. The first-order chi connectivity index (χ1) is 14.1. The number of halogens is 1. The number of methoxy groups -OCH3 is 1. The Morgan fingerprint density at radius 3 is 2.72 bits per heavy atom. The molecule has 0 saturated carbocycles. The van der Waals surface area contributed by atoms with Crippen LogP contribution in [0.1, 0.15) is 17.7 Å². The Labute approximate surface area is 181 Å². The van der Waals surface area contributed by atoms with Crippen LogP contribution >= 0.6 is 22.9 Å². The Kier molecular flexibility index (Phi) is 7.21. The normalized spacial score (nSPS) is 19.5. The van der Waals surface area contributed by atoms with E-state index in [4.69, 9.17) is 21.1 Å². The summed E-state index contributed by atoms with van der Waals surface area (Å²) in [6.07, 6.45) is 2.41. The highest BCUT2D eigenvalue weighted by atomic mass is 35.5. The van der Waals surface area contributed by atoms with E-state index in [0.717, 1.165) is 75.1 Å². The SMILES string of the molecule is COCCN1CCC(N(C)Cc2cc3nc(Cl)nc(N4CCOCC4)c3s2)CC1. The molecule has 7 nitrogen and oxygen atoms in total. The van der Waals surface area contributed by atoms with Crippen LogP contribution in [0.25, 0.3) is 10.2 Å². The number of ether oxygens (including phenoxy) is 2. The number of hydrogen-bond donors (Lipinski definition) is 0. The summed E-state index contributed by atoms with van der Waals surface area (Å²) in [6.45, 7) is 8.23. The lowest BCUT2D eigenvalue weighted by atomic mass is 10.0. The number of hydrogen-bond acceptors (Lipinski definition) is 8. The van der Waals surface area contributed by atoms with Gasteiger partial charge in [-0.2, -0.15) is 4.98 Å². The molecule has 4 heterocycles. The second-order valence-electron chi connectivity index (χ2n) is 7.82. The summed E-state index contributed by atoms with van der Waals surface area (Å²) in [5.41, 5.74) is 0.953. The third-order valence-electron chi connectivity index (χ3n) is 5.89. The number of morpholine rings is 1. The van der Waals surface area contributed by atoms with Crippen LogP contribution in [0.4, 0.5) is 5.82 Å². The van der Waals surface area contributed by atoms with Crippen LogP contribution in [0, 0.1) is 0 Å². The van der Waals surface area contributed by atoms with Crippen molar-refractivity contribution in [1.29, 1.82) is 0 Å². The van der Waals surface area contributed by atoms with Crippen molar-refractivity contribution in [2.24, 2.45) is 0 Å². The van der Waals surface area contributed by atoms with Crippen LogP contribution < -0.4 is 4.90 Å². The maximum Gasteiger partial charge on any atom is 0.224 e. The predicted octanol–water partition coefficient (Wildman–Crippen LogP) is 2.72. The molecule has 0 spiro atoms. The average Bonchev–Trinajstić information content (AvgIpc) is 3.14. The number of nitrogens with zero attached hydrogens (tertiary/aromatic N) is 5. The smallest absolute Gasteiger partial charge is 0.224 e. The molecule has 0 radical (unpaired) electrons. The molecule has 2 aliphatic heterocycles. The first-order valence-electron chi connectivity index (χ1n) is 10.3. The van der Waals surface area contributed by atoms with Crippen LogP contribution in [0.2, 0.25) is 5.28 Å². The fourth-order valence-corrected chi connectivity index (χ4v) is 5.53. The molecule has 2 aliphatic rings. The summed E-state index contributed by atoms with van der Waals surface area (Å²) in [4.78, 5) is 17.6. The third-order valence-corrected chi connectivity index (χ3v) is 7.16. The Morgan fingerprint density at radius 2 is 2.00 bits per heavy atom. The Hall–Kier alpha value is -1.03. The lowest BCUT2D eigenvalue weighted by Gasteiger charge is -2.36. The van der Waals surface area contributed by atoms with E-state index < -0.39 is 0 Å². The van der Waals surface area contributed by atoms with Gasteiger partial charge in [-0.05, 0) is 50.6 Å². The van der Waals surface area contributed by atoms with Crippen molar-refractivity contribution in [3.8, 4) is 0 Å². The van der Waals surface area contributed by atoms with Crippen molar-refractivity contribution in [1.82, 2.24) is 19.8 Å². The van der Waals surface area contributed by atoms with Crippen LogP contribution in [0.3, 0.4) is 0 Å². The molecule has 0 aliphatic carbocycles. The van der Waals surface area contributed by atoms with Gasteiger partial charge in [-0.15, -0.1) is 11.3 Å². The summed E-state index contributed by atoms with van der Waals surface area (Å²) >= 11 is 8.03. The Bertz CT molecular complexity index is 806. The minimum atomic E-state index is 0.320. The second kappa shape index (κ2) is 9.85. The lowest BCUT2D eigenvalue weighted by molar-refractivity contribution is 0.0953. The molecule has 0 amide bonds. The zero-order valence-corrected chi connectivity index (χ0v) is 18.8. The molecule has 9 heteroatoms. The van der Waals surface area contributed by atoms with E-state index >= 15 is 0 Å². The van der Waals surface area contributed by atoms with Crippen molar-refractivity contribution in [2.75, 3.05) is 71.6 Å². The van der Waals surface area contributed by atoms with Crippen LogP contribution in [0.15, 0.2) is 6.07 Å². The van der Waals surface area contributed by atoms with Gasteiger partial charge >= 0.3 is 0 Å². The van der Waals surface area contributed by atoms with E-state index in [-0.39, 0.29) is 0 Å². The van der Waals surface area contributed by atoms with Crippen molar-refractivity contribution in [2.45, 2.75) is 25.4 Å². The van der Waals surface area contributed by atoms with Crippen molar-refractivity contribution >= 4 is 39.0 Å². The minimum absolute atomic E-state index is 0.320. The van der Waals surface area contributed by atoms with Gasteiger partial charge in [0.15, 0.2) is 5.82 Å². The molecule has 2 aromatic rings. The van der Waals surface area contributed by atoms with Crippen molar-refractivity contribution in [3.63, 3.8) is 0 Å². The minimum Gasteiger partial charge on any atom is -0.383 e. The zero-order valence-electron chi connectivity index (χ0n) is 17.3. The summed E-state index contributed by atoms with van der Waals surface area (Å²) in [5, 5.41) is 0.320. The quantitative estimate of drug-likeness (QED) is 0.615. The molecular weight excluding hydrogens is 410 g/mol. The average molecular weight is 440 g/mol. The first-order valence-corrected chi connectivity index (χ1v) is 11.5. The van der Waals surface area contributed by atoms with E-state index in [1.807, 2.05) is 0 Å². The van der Waals surface area contributed by atoms with Gasteiger partial charge in [0.05, 0.1) is 30.0 Å². The number of piperidine rings is 1. The molecule has 0 aromatic carbocycles. The largest absolute Gasteiger partial charge is 0.383 e. The van der Waals surface area contributed by atoms with Gasteiger partial charge < -0.3 is 19.3 Å². The number of aromatic nitrogens is 2. The van der Waals surface area contributed by atoms with E-state index in [0.29, 0.717) is 11.3 Å². The molecule has 0 atom stereocenters. The maximum absolute atomic E-state index is 6.23. The van der Waals surface area contributed by atoms with Crippen LogP contribution in [0.5, 0.6) is 0 Å². The molecule has 0 bridgehead atoms. The van der Waals surface area contributed by atoms with Gasteiger partial charge in [-0.1, -0.05) is 0 Å². The lowest BCUT2D eigenvalue weighted by Crippen LogP contribution is -2.43. The summed E-state index contributed by atoms with van der Waals surface area (Å²) < 4.78 is 11.8. The van der Waals surface area contributed by atoms with Gasteiger partial charge in [0.2, 0.25) is 5.28 Å². The Morgan fingerprint density at radius 1 is 1.24 bits per heavy atom. The van der Waals surface area contributed by atoms with Gasteiger partial charge in [-0.3, -0.25) is 4.90 Å². The van der Waals surface area contributed by atoms with E-state index in [1.165, 1.54) is 17.7 Å². The standard InChI is InChI=1S/C20H30ClN5O2S/c1-24(15-3-5-25(6-4-15)7-10-27-2)14-16-13-17-18(29-16)19(23-20(21)22-17)26-8-11-28-12-9-26/h13,15H,3-12,14H2,1-2H3. The second-order valence-corrected chi connectivity index (χ2v) is 9.30. The fraction of sp³-hybridized carbons (Fsp3) is 0.700. The molecule has 2 fully saturated rings.